The van der Waals surface area contributed by atoms with E-state index in [4.69, 9.17) is 5.10 Å². The summed E-state index contributed by atoms with van der Waals surface area (Å²) in [6.45, 7) is 2.12. The van der Waals surface area contributed by atoms with Crippen LogP contribution in [0.3, 0.4) is 0 Å². The molecule has 0 bridgehead atoms. The van der Waals surface area contributed by atoms with Crippen LogP contribution in [-0.4, -0.2) is 6.21 Å². The first-order valence-corrected chi connectivity index (χ1v) is 16.5. The van der Waals surface area contributed by atoms with Crippen LogP contribution in [0, 0.1) is 6.92 Å². The predicted molar refractivity (Wildman–Crippen MR) is 208 cm³/mol. The zero-order chi connectivity index (χ0) is 33.3. The van der Waals surface area contributed by atoms with Crippen LogP contribution in [0.15, 0.2) is 199 Å². The van der Waals surface area contributed by atoms with Gasteiger partial charge in [0.15, 0.2) is 0 Å². The van der Waals surface area contributed by atoms with E-state index in [0.29, 0.717) is 0 Å². The molecular formula is C46H37N3. The number of hydrogen-bond donors (Lipinski definition) is 0. The molecule has 236 valence electrons. The number of nitrogens with zero attached hydrogens (tertiary/aromatic N) is 3. The average molecular weight is 632 g/mol. The molecule has 0 radical (unpaired) electrons. The summed E-state index contributed by atoms with van der Waals surface area (Å²) in [5.41, 5.74) is 12.2. The van der Waals surface area contributed by atoms with Crippen molar-refractivity contribution in [1.29, 1.82) is 0 Å². The number of anilines is 5. The normalized spacial score (nSPS) is 10.9. The van der Waals surface area contributed by atoms with Crippen molar-refractivity contribution in [1.82, 2.24) is 0 Å². The molecule has 0 spiro atoms. The Hall–Kier alpha value is -6.45. The quantitative estimate of drug-likeness (QED) is 0.0850. The SMILES string of the molecule is Cc1ccc(N(c2ccc(C=NN(c3ccccc3)c3ccccc3)cc2)c2ccc(C=C(c3ccccc3)c3ccccc3)cc2)cc1. The van der Waals surface area contributed by atoms with E-state index in [1.54, 1.807) is 0 Å². The molecule has 0 saturated heterocycles. The lowest BCUT2D eigenvalue weighted by molar-refractivity contribution is 1.09. The number of para-hydroxylation sites is 2. The van der Waals surface area contributed by atoms with Crippen molar-refractivity contribution in [3.63, 3.8) is 0 Å². The Bertz CT molecular complexity index is 2040. The zero-order valence-corrected chi connectivity index (χ0v) is 27.5. The van der Waals surface area contributed by atoms with Crippen LogP contribution in [0.4, 0.5) is 28.4 Å². The van der Waals surface area contributed by atoms with E-state index >= 15 is 0 Å². The summed E-state index contributed by atoms with van der Waals surface area (Å²) in [6, 6.07) is 67.6. The van der Waals surface area contributed by atoms with Crippen molar-refractivity contribution >= 4 is 46.3 Å². The van der Waals surface area contributed by atoms with E-state index in [1.165, 1.54) is 22.3 Å². The van der Waals surface area contributed by atoms with E-state index in [-0.39, 0.29) is 0 Å². The minimum atomic E-state index is 1.00. The highest BCUT2D eigenvalue weighted by Gasteiger charge is 2.13. The third-order valence-corrected chi connectivity index (χ3v) is 8.40. The van der Waals surface area contributed by atoms with Gasteiger partial charge in [0.25, 0.3) is 0 Å². The largest absolute Gasteiger partial charge is 0.311 e. The standard InChI is InChI=1S/C46H37N3/c1-36-22-28-41(29-23-36)48(42-30-24-37(25-31-42)34-46(39-14-6-2-7-15-39)40-16-8-3-9-17-40)43-32-26-38(27-33-43)35-47-49(44-18-10-4-11-19-44)45-20-12-5-13-21-45/h2-35H,1H3. The zero-order valence-electron chi connectivity index (χ0n) is 27.5. The monoisotopic (exact) mass is 631 g/mol. The second kappa shape index (κ2) is 15.0. The Labute approximate surface area is 289 Å². The van der Waals surface area contributed by atoms with Crippen LogP contribution in [0.5, 0.6) is 0 Å². The Morgan fingerprint density at radius 2 is 0.796 bits per heavy atom. The molecule has 0 saturated carbocycles. The molecule has 7 aromatic rings. The lowest BCUT2D eigenvalue weighted by Gasteiger charge is -2.26. The van der Waals surface area contributed by atoms with Gasteiger partial charge < -0.3 is 4.90 Å². The van der Waals surface area contributed by atoms with Gasteiger partial charge in [0.2, 0.25) is 0 Å². The van der Waals surface area contributed by atoms with Gasteiger partial charge in [0.1, 0.15) is 0 Å². The van der Waals surface area contributed by atoms with Crippen LogP contribution in [0.25, 0.3) is 11.6 Å². The highest BCUT2D eigenvalue weighted by molar-refractivity contribution is 5.92. The number of hydrogen-bond acceptors (Lipinski definition) is 3. The molecule has 0 aliphatic heterocycles. The number of benzene rings is 7. The van der Waals surface area contributed by atoms with Crippen molar-refractivity contribution in [3.05, 3.63) is 222 Å². The molecule has 0 unspecified atom stereocenters. The van der Waals surface area contributed by atoms with Crippen LogP contribution in [-0.2, 0) is 0 Å². The van der Waals surface area contributed by atoms with Crippen LogP contribution in [0.2, 0.25) is 0 Å². The summed E-state index contributed by atoms with van der Waals surface area (Å²) in [6.07, 6.45) is 4.19. The van der Waals surface area contributed by atoms with Crippen LogP contribution >= 0.6 is 0 Å². The first kappa shape index (κ1) is 31.2. The van der Waals surface area contributed by atoms with Gasteiger partial charge in [-0.2, -0.15) is 5.10 Å². The van der Waals surface area contributed by atoms with E-state index in [1.807, 2.05) is 47.6 Å². The molecule has 3 heteroatoms. The first-order chi connectivity index (χ1) is 24.2. The molecule has 0 aromatic heterocycles. The van der Waals surface area contributed by atoms with E-state index < -0.39 is 0 Å². The van der Waals surface area contributed by atoms with Gasteiger partial charge in [-0.15, -0.1) is 0 Å². The molecular weight excluding hydrogens is 595 g/mol. The predicted octanol–water partition coefficient (Wildman–Crippen LogP) is 12.2. The number of hydrazone groups is 1. The summed E-state index contributed by atoms with van der Waals surface area (Å²) in [4.78, 5) is 2.30. The lowest BCUT2D eigenvalue weighted by atomic mass is 9.95. The first-order valence-electron chi connectivity index (χ1n) is 16.5. The molecule has 0 heterocycles. The highest BCUT2D eigenvalue weighted by Crippen LogP contribution is 2.36. The van der Waals surface area contributed by atoms with Gasteiger partial charge in [-0.25, -0.2) is 5.01 Å². The van der Waals surface area contributed by atoms with Gasteiger partial charge in [0, 0.05) is 17.1 Å². The van der Waals surface area contributed by atoms with Gasteiger partial charge in [-0.05, 0) is 101 Å². The van der Waals surface area contributed by atoms with E-state index in [9.17, 15) is 0 Å². The fourth-order valence-corrected chi connectivity index (χ4v) is 5.85. The van der Waals surface area contributed by atoms with Crippen molar-refractivity contribution in [3.8, 4) is 0 Å². The van der Waals surface area contributed by atoms with Crippen molar-refractivity contribution in [2.24, 2.45) is 5.10 Å². The lowest BCUT2D eigenvalue weighted by Crippen LogP contribution is -2.10. The number of rotatable bonds is 10. The summed E-state index contributed by atoms with van der Waals surface area (Å²) in [5.74, 6) is 0. The highest BCUT2D eigenvalue weighted by atomic mass is 15.5. The van der Waals surface area contributed by atoms with Gasteiger partial charge in [0.05, 0.1) is 17.6 Å². The van der Waals surface area contributed by atoms with Crippen LogP contribution in [0.1, 0.15) is 27.8 Å². The minimum Gasteiger partial charge on any atom is -0.311 e. The summed E-state index contributed by atoms with van der Waals surface area (Å²) >= 11 is 0. The Morgan fingerprint density at radius 1 is 0.408 bits per heavy atom. The maximum Gasteiger partial charge on any atom is 0.0652 e. The Kier molecular flexibility index (Phi) is 9.52. The fourth-order valence-electron chi connectivity index (χ4n) is 5.85. The molecule has 0 amide bonds. The van der Waals surface area contributed by atoms with E-state index in [2.05, 4.69) is 176 Å². The van der Waals surface area contributed by atoms with Crippen molar-refractivity contribution < 1.29 is 0 Å². The third kappa shape index (κ3) is 7.59. The average Bonchev–Trinajstić information content (AvgIpc) is 3.17. The molecule has 0 aliphatic carbocycles. The maximum atomic E-state index is 4.90. The molecule has 0 fully saturated rings. The molecule has 0 N–H and O–H groups in total. The third-order valence-electron chi connectivity index (χ3n) is 8.40. The molecule has 0 atom stereocenters. The van der Waals surface area contributed by atoms with Gasteiger partial charge in [-0.3, -0.25) is 0 Å². The minimum absolute atomic E-state index is 1.00. The molecule has 7 aromatic carbocycles. The Morgan fingerprint density at radius 3 is 1.24 bits per heavy atom. The van der Waals surface area contributed by atoms with Crippen LogP contribution < -0.4 is 9.91 Å². The van der Waals surface area contributed by atoms with Gasteiger partial charge in [-0.1, -0.05) is 139 Å². The second-order valence-corrected chi connectivity index (χ2v) is 11.9. The van der Waals surface area contributed by atoms with Crippen molar-refractivity contribution in [2.45, 2.75) is 6.92 Å². The summed E-state index contributed by atoms with van der Waals surface area (Å²) in [7, 11) is 0. The molecule has 0 aliphatic rings. The topological polar surface area (TPSA) is 18.8 Å². The smallest absolute Gasteiger partial charge is 0.0652 e. The fraction of sp³-hybridized carbons (Fsp3) is 0.0217. The molecule has 49 heavy (non-hydrogen) atoms. The number of aryl methyl sites for hydroxylation is 1. The second-order valence-electron chi connectivity index (χ2n) is 11.9. The molecule has 3 nitrogen and oxygen atoms in total. The Balaban J connectivity index is 1.20. The molecule has 7 rings (SSSR count). The van der Waals surface area contributed by atoms with Crippen molar-refractivity contribution in [2.75, 3.05) is 9.91 Å². The maximum absolute atomic E-state index is 4.90. The summed E-state index contributed by atoms with van der Waals surface area (Å²) < 4.78 is 0. The van der Waals surface area contributed by atoms with E-state index in [0.717, 1.165) is 39.6 Å². The summed E-state index contributed by atoms with van der Waals surface area (Å²) in [5, 5.41) is 6.86. The van der Waals surface area contributed by atoms with Gasteiger partial charge >= 0.3 is 0 Å².